The molecule has 21 heavy (non-hydrogen) atoms. The van der Waals surface area contributed by atoms with Crippen LogP contribution in [0.1, 0.15) is 27.9 Å². The number of hydrogen-bond donors (Lipinski definition) is 0. The van der Waals surface area contributed by atoms with E-state index in [1.165, 1.54) is 12.1 Å². The maximum Gasteiger partial charge on any atom is 0.416 e. The first kappa shape index (κ1) is 15.6. The zero-order valence-corrected chi connectivity index (χ0v) is 11.7. The van der Waals surface area contributed by atoms with Crippen molar-refractivity contribution in [2.75, 3.05) is 0 Å². The average molecular weight is 313 g/mol. The van der Waals surface area contributed by atoms with Gasteiger partial charge in [-0.3, -0.25) is 4.79 Å². The highest BCUT2D eigenvalue weighted by atomic mass is 35.5. The molecule has 0 aliphatic carbocycles. The van der Waals surface area contributed by atoms with E-state index in [4.69, 9.17) is 11.6 Å². The highest BCUT2D eigenvalue weighted by molar-refractivity contribution is 6.31. The van der Waals surface area contributed by atoms with Crippen LogP contribution in [-0.2, 0) is 12.6 Å². The van der Waals surface area contributed by atoms with Gasteiger partial charge in [0.2, 0.25) is 0 Å². The molecule has 0 fully saturated rings. The summed E-state index contributed by atoms with van der Waals surface area (Å²) < 4.78 is 37.3. The second kappa shape index (κ2) is 6.31. The molecule has 0 aromatic heterocycles. The van der Waals surface area contributed by atoms with E-state index < -0.39 is 11.7 Å². The van der Waals surface area contributed by atoms with Crippen molar-refractivity contribution in [3.8, 4) is 0 Å². The number of alkyl halides is 3. The molecule has 0 aliphatic heterocycles. The summed E-state index contributed by atoms with van der Waals surface area (Å²) in [6.07, 6.45) is -3.72. The zero-order valence-electron chi connectivity index (χ0n) is 11.0. The Kier molecular flexibility index (Phi) is 4.68. The van der Waals surface area contributed by atoms with E-state index in [-0.39, 0.29) is 12.2 Å². The van der Waals surface area contributed by atoms with Gasteiger partial charge in [-0.2, -0.15) is 13.2 Å². The third-order valence-electron chi connectivity index (χ3n) is 3.07. The van der Waals surface area contributed by atoms with Crippen molar-refractivity contribution in [1.82, 2.24) is 0 Å². The Bertz CT molecular complexity index is 633. The average Bonchev–Trinajstić information content (AvgIpc) is 2.44. The van der Waals surface area contributed by atoms with Crippen LogP contribution in [0, 0.1) is 0 Å². The molecule has 0 spiro atoms. The third kappa shape index (κ3) is 4.33. The van der Waals surface area contributed by atoms with Gasteiger partial charge in [0.05, 0.1) is 5.56 Å². The topological polar surface area (TPSA) is 17.1 Å². The molecule has 1 nitrogen and oxygen atoms in total. The summed E-state index contributed by atoms with van der Waals surface area (Å²) in [6.45, 7) is 0. The van der Waals surface area contributed by atoms with Crippen molar-refractivity contribution in [3.63, 3.8) is 0 Å². The van der Waals surface area contributed by atoms with Gasteiger partial charge in [-0.15, -0.1) is 0 Å². The standard InChI is InChI=1S/C16H12ClF3O/c17-14-3-1-2-12(10-14)15(21)9-6-11-4-7-13(8-5-11)16(18,19)20/h1-5,7-8,10H,6,9H2. The fourth-order valence-electron chi connectivity index (χ4n) is 1.92. The zero-order chi connectivity index (χ0) is 15.5. The molecule has 0 saturated heterocycles. The fourth-order valence-corrected chi connectivity index (χ4v) is 2.11. The van der Waals surface area contributed by atoms with E-state index in [1.54, 1.807) is 24.3 Å². The molecule has 0 aliphatic rings. The molecule has 0 amide bonds. The van der Waals surface area contributed by atoms with Gasteiger partial charge in [-0.25, -0.2) is 0 Å². The van der Waals surface area contributed by atoms with Crippen LogP contribution in [0.25, 0.3) is 0 Å². The van der Waals surface area contributed by atoms with Crippen molar-refractivity contribution in [2.24, 2.45) is 0 Å². The molecular weight excluding hydrogens is 301 g/mol. The van der Waals surface area contributed by atoms with Crippen molar-refractivity contribution < 1.29 is 18.0 Å². The summed E-state index contributed by atoms with van der Waals surface area (Å²) in [5.74, 6) is -0.0857. The van der Waals surface area contributed by atoms with Crippen LogP contribution in [0.3, 0.4) is 0 Å². The Hall–Kier alpha value is -1.81. The van der Waals surface area contributed by atoms with Gasteiger partial charge in [0.25, 0.3) is 0 Å². The molecule has 0 radical (unpaired) electrons. The lowest BCUT2D eigenvalue weighted by molar-refractivity contribution is -0.137. The van der Waals surface area contributed by atoms with Crippen LogP contribution in [-0.4, -0.2) is 5.78 Å². The van der Waals surface area contributed by atoms with Gasteiger partial charge in [0.1, 0.15) is 0 Å². The molecule has 0 saturated carbocycles. The number of benzene rings is 2. The molecule has 110 valence electrons. The van der Waals surface area contributed by atoms with Gasteiger partial charge in [-0.1, -0.05) is 35.9 Å². The van der Waals surface area contributed by atoms with E-state index in [0.29, 0.717) is 22.6 Å². The molecule has 0 N–H and O–H groups in total. The van der Waals surface area contributed by atoms with E-state index in [2.05, 4.69) is 0 Å². The number of ketones is 1. The Balaban J connectivity index is 1.98. The second-order valence-corrected chi connectivity index (χ2v) is 5.06. The molecular formula is C16H12ClF3O. The maximum atomic E-state index is 12.4. The van der Waals surface area contributed by atoms with Gasteiger partial charge in [0, 0.05) is 17.0 Å². The fraction of sp³-hybridized carbons (Fsp3) is 0.188. The monoisotopic (exact) mass is 312 g/mol. The number of Topliss-reactive ketones (excluding diaryl/α,β-unsaturated/α-hetero) is 1. The molecule has 0 unspecified atom stereocenters. The van der Waals surface area contributed by atoms with Crippen LogP contribution in [0.4, 0.5) is 13.2 Å². The van der Waals surface area contributed by atoms with E-state index in [9.17, 15) is 18.0 Å². The molecule has 5 heteroatoms. The number of hydrogen-bond acceptors (Lipinski definition) is 1. The molecule has 2 aromatic rings. The molecule has 0 atom stereocenters. The lowest BCUT2D eigenvalue weighted by atomic mass is 10.0. The predicted octanol–water partition coefficient (Wildman–Crippen LogP) is 5.17. The van der Waals surface area contributed by atoms with Crippen LogP contribution >= 0.6 is 11.6 Å². The van der Waals surface area contributed by atoms with Crippen LogP contribution in [0.15, 0.2) is 48.5 Å². The first-order chi connectivity index (χ1) is 9.86. The van der Waals surface area contributed by atoms with Gasteiger partial charge in [-0.05, 0) is 36.2 Å². The summed E-state index contributed by atoms with van der Waals surface area (Å²) in [4.78, 5) is 12.0. The summed E-state index contributed by atoms with van der Waals surface area (Å²) in [5, 5.41) is 0.482. The van der Waals surface area contributed by atoms with Gasteiger partial charge >= 0.3 is 6.18 Å². The Labute approximate surface area is 125 Å². The van der Waals surface area contributed by atoms with Gasteiger partial charge < -0.3 is 0 Å². The molecule has 0 heterocycles. The Morgan fingerprint density at radius 2 is 1.71 bits per heavy atom. The van der Waals surface area contributed by atoms with E-state index in [0.717, 1.165) is 12.1 Å². The van der Waals surface area contributed by atoms with E-state index >= 15 is 0 Å². The SMILES string of the molecule is O=C(CCc1ccc(C(F)(F)F)cc1)c1cccc(Cl)c1. The van der Waals surface area contributed by atoms with Crippen molar-refractivity contribution in [3.05, 3.63) is 70.2 Å². The largest absolute Gasteiger partial charge is 0.416 e. The number of carbonyl (C=O) groups is 1. The van der Waals surface area contributed by atoms with Crippen molar-refractivity contribution >= 4 is 17.4 Å². The number of carbonyl (C=O) groups excluding carboxylic acids is 1. The quantitative estimate of drug-likeness (QED) is 0.711. The Morgan fingerprint density at radius 1 is 1.05 bits per heavy atom. The minimum atomic E-state index is -4.34. The van der Waals surface area contributed by atoms with Crippen molar-refractivity contribution in [1.29, 1.82) is 0 Å². The van der Waals surface area contributed by atoms with Crippen LogP contribution in [0.5, 0.6) is 0 Å². The third-order valence-corrected chi connectivity index (χ3v) is 3.30. The second-order valence-electron chi connectivity index (χ2n) is 4.63. The highest BCUT2D eigenvalue weighted by Crippen LogP contribution is 2.29. The number of rotatable bonds is 4. The lowest BCUT2D eigenvalue weighted by Gasteiger charge is -2.07. The Morgan fingerprint density at radius 3 is 2.29 bits per heavy atom. The van der Waals surface area contributed by atoms with Crippen molar-refractivity contribution in [2.45, 2.75) is 19.0 Å². The summed E-state index contributed by atoms with van der Waals surface area (Å²) in [6, 6.07) is 11.5. The maximum absolute atomic E-state index is 12.4. The normalized spacial score (nSPS) is 11.4. The number of halogens is 4. The van der Waals surface area contributed by atoms with E-state index in [1.807, 2.05) is 0 Å². The minimum Gasteiger partial charge on any atom is -0.294 e. The molecule has 2 aromatic carbocycles. The molecule has 0 bridgehead atoms. The summed E-state index contributed by atoms with van der Waals surface area (Å²) in [7, 11) is 0. The lowest BCUT2D eigenvalue weighted by Crippen LogP contribution is -2.05. The summed E-state index contributed by atoms with van der Waals surface area (Å²) in [5.41, 5.74) is 0.514. The first-order valence-electron chi connectivity index (χ1n) is 6.31. The molecule has 2 rings (SSSR count). The predicted molar refractivity (Wildman–Crippen MR) is 75.5 cm³/mol. The first-order valence-corrected chi connectivity index (χ1v) is 6.69. The van der Waals surface area contributed by atoms with Gasteiger partial charge in [0.15, 0.2) is 5.78 Å². The highest BCUT2D eigenvalue weighted by Gasteiger charge is 2.29. The summed E-state index contributed by atoms with van der Waals surface area (Å²) >= 11 is 5.81. The van der Waals surface area contributed by atoms with Crippen LogP contribution in [0.2, 0.25) is 5.02 Å². The number of aryl methyl sites for hydroxylation is 1. The van der Waals surface area contributed by atoms with Crippen LogP contribution < -0.4 is 0 Å². The minimum absolute atomic E-state index is 0.0857. The smallest absolute Gasteiger partial charge is 0.294 e.